The molecule has 2 heterocycles. The summed E-state index contributed by atoms with van der Waals surface area (Å²) >= 11 is 0. The second kappa shape index (κ2) is 8.73. The van der Waals surface area contributed by atoms with E-state index in [1.165, 1.54) is 0 Å². The van der Waals surface area contributed by atoms with Gasteiger partial charge in [0.05, 0.1) is 31.3 Å². The minimum atomic E-state index is -0.801. The average molecular weight is 337 g/mol. The number of fused-ring (bicyclic) bond motifs is 1. The lowest BCUT2D eigenvalue weighted by atomic mass is 10.1. The summed E-state index contributed by atoms with van der Waals surface area (Å²) in [4.78, 5) is 16.2. The summed E-state index contributed by atoms with van der Waals surface area (Å²) in [5, 5.41) is 26.2. The van der Waals surface area contributed by atoms with Crippen LogP contribution in [0.4, 0.5) is 4.79 Å². The largest absolute Gasteiger partial charge is 0.508 e. The molecule has 2 rings (SSSR count). The first-order valence-electron chi connectivity index (χ1n) is 7.56. The van der Waals surface area contributed by atoms with Crippen molar-refractivity contribution in [2.45, 2.75) is 56.7 Å². The van der Waals surface area contributed by atoms with E-state index in [-0.39, 0.29) is 31.3 Å². The van der Waals surface area contributed by atoms with Gasteiger partial charge in [-0.05, 0) is 26.2 Å². The molecule has 0 aromatic rings. The molecule has 0 aliphatic carbocycles. The number of unbranched alkanes of at least 4 members (excludes halogenated alkanes) is 1. The number of aliphatic hydroxyl groups excluding tert-OH is 1. The summed E-state index contributed by atoms with van der Waals surface area (Å²) in [6, 6.07) is 0. The third-order valence-electron chi connectivity index (χ3n) is 3.73. The molecule has 1 unspecified atom stereocenters. The van der Waals surface area contributed by atoms with E-state index in [9.17, 15) is 9.90 Å². The predicted molar refractivity (Wildman–Crippen MR) is 71.5 cm³/mol. The van der Waals surface area contributed by atoms with Gasteiger partial charge in [-0.2, -0.15) is 0 Å². The van der Waals surface area contributed by atoms with Gasteiger partial charge in [0.25, 0.3) is 0 Å². The van der Waals surface area contributed by atoms with Gasteiger partial charge >= 0.3 is 6.16 Å². The second-order valence-corrected chi connectivity index (χ2v) is 5.58. The molecule has 0 bridgehead atoms. The van der Waals surface area contributed by atoms with Crippen molar-refractivity contribution in [1.82, 2.24) is 5.39 Å². The van der Waals surface area contributed by atoms with Crippen molar-refractivity contribution >= 4 is 6.16 Å². The lowest BCUT2D eigenvalue weighted by Gasteiger charge is -2.16. The Kier molecular flexibility index (Phi) is 6.96. The topological polar surface area (TPSA) is 127 Å². The Morgan fingerprint density at radius 1 is 1.26 bits per heavy atom. The zero-order valence-corrected chi connectivity index (χ0v) is 12.9. The van der Waals surface area contributed by atoms with Gasteiger partial charge in [-0.25, -0.2) is 9.63 Å². The molecule has 0 saturated carbocycles. The number of hydrogen-bond acceptors (Lipinski definition) is 10. The molecular weight excluding hydrogens is 314 g/mol. The summed E-state index contributed by atoms with van der Waals surface area (Å²) < 4.78 is 20.8. The highest BCUT2D eigenvalue weighted by Crippen LogP contribution is 2.28. The molecule has 23 heavy (non-hydrogen) atoms. The van der Waals surface area contributed by atoms with Crippen LogP contribution in [0.5, 0.6) is 0 Å². The molecule has 0 aromatic carbocycles. The van der Waals surface area contributed by atoms with E-state index in [0.717, 1.165) is 0 Å². The van der Waals surface area contributed by atoms with Gasteiger partial charge in [0.1, 0.15) is 18.3 Å². The van der Waals surface area contributed by atoms with Crippen LogP contribution in [0, 0.1) is 0 Å². The number of aliphatic hydroxyl groups is 1. The Bertz CT molecular complexity index is 380. The molecule has 10 heteroatoms. The molecule has 10 nitrogen and oxygen atoms in total. The normalized spacial score (nSPS) is 31.2. The van der Waals surface area contributed by atoms with Crippen LogP contribution < -0.4 is 0 Å². The fourth-order valence-electron chi connectivity index (χ4n) is 2.61. The maximum absolute atomic E-state index is 11.6. The van der Waals surface area contributed by atoms with Gasteiger partial charge in [0, 0.05) is 0 Å². The molecule has 5 atom stereocenters. The molecular formula is C13H23NO9. The fourth-order valence-corrected chi connectivity index (χ4v) is 2.61. The fraction of sp³-hybridized carbons (Fsp3) is 0.923. The van der Waals surface area contributed by atoms with E-state index in [1.807, 2.05) is 0 Å². The maximum Gasteiger partial charge on any atom is 0.508 e. The quantitative estimate of drug-likeness (QED) is 0.322. The first kappa shape index (κ1) is 18.3. The molecule has 2 saturated heterocycles. The number of carbonyl (C=O) groups excluding carboxylic acids is 1. The number of carbonyl (C=O) groups is 1. The van der Waals surface area contributed by atoms with E-state index in [0.29, 0.717) is 19.3 Å². The van der Waals surface area contributed by atoms with E-state index >= 15 is 0 Å². The lowest BCUT2D eigenvalue weighted by molar-refractivity contribution is -0.503. The van der Waals surface area contributed by atoms with Gasteiger partial charge < -0.3 is 24.1 Å². The van der Waals surface area contributed by atoms with Crippen molar-refractivity contribution < 1.29 is 44.1 Å². The molecule has 2 aliphatic rings. The standard InChI is InChI=1S/C13H23NO9/c1-8(23-14(17)18)4-2-3-5-19-13(16)22-10-7-21-11-9(15)6-20-12(10)11/h8-12,15,17-18H,2-7H2,1H3/t8?,9-,10-,11-,12-/m1/s1. The van der Waals surface area contributed by atoms with Gasteiger partial charge in [-0.1, -0.05) is 0 Å². The van der Waals surface area contributed by atoms with Crippen LogP contribution in [-0.2, 0) is 23.8 Å². The molecule has 0 radical (unpaired) electrons. The second-order valence-electron chi connectivity index (χ2n) is 5.58. The van der Waals surface area contributed by atoms with E-state index in [1.54, 1.807) is 6.92 Å². The minimum Gasteiger partial charge on any atom is -0.434 e. The third kappa shape index (κ3) is 5.53. The first-order valence-corrected chi connectivity index (χ1v) is 7.56. The SMILES string of the molecule is CC(CCCCOC(=O)O[C@@H]1CO[C@H]2[C@@H]1OC[C@H]2O)ON(O)O. The highest BCUT2D eigenvalue weighted by atomic mass is 17.1. The van der Waals surface area contributed by atoms with Crippen LogP contribution in [-0.4, -0.2) is 77.4 Å². The Morgan fingerprint density at radius 2 is 2.00 bits per heavy atom. The van der Waals surface area contributed by atoms with E-state index < -0.39 is 30.6 Å². The Labute approximate surface area is 133 Å². The molecule has 3 N–H and O–H groups in total. The van der Waals surface area contributed by atoms with Crippen molar-refractivity contribution in [2.75, 3.05) is 19.8 Å². The van der Waals surface area contributed by atoms with Crippen LogP contribution in [0.15, 0.2) is 0 Å². The van der Waals surface area contributed by atoms with Crippen LogP contribution in [0.2, 0.25) is 0 Å². The minimum absolute atomic E-state index is 0.170. The molecule has 2 fully saturated rings. The summed E-state index contributed by atoms with van der Waals surface area (Å²) in [6.45, 7) is 2.21. The summed E-state index contributed by atoms with van der Waals surface area (Å²) in [5.41, 5.74) is 0. The first-order chi connectivity index (χ1) is 11.0. The molecule has 0 spiro atoms. The molecule has 0 amide bonds. The summed E-state index contributed by atoms with van der Waals surface area (Å²) in [6.07, 6.45) is -1.50. The highest BCUT2D eigenvalue weighted by Gasteiger charge is 2.49. The summed E-state index contributed by atoms with van der Waals surface area (Å²) in [7, 11) is 0. The van der Waals surface area contributed by atoms with Crippen molar-refractivity contribution in [3.63, 3.8) is 0 Å². The molecule has 2 aliphatic heterocycles. The van der Waals surface area contributed by atoms with Crippen LogP contribution in [0.3, 0.4) is 0 Å². The van der Waals surface area contributed by atoms with Crippen LogP contribution in [0.25, 0.3) is 0 Å². The maximum atomic E-state index is 11.6. The van der Waals surface area contributed by atoms with E-state index in [4.69, 9.17) is 29.4 Å². The summed E-state index contributed by atoms with van der Waals surface area (Å²) in [5.74, 6) is 0. The van der Waals surface area contributed by atoms with Gasteiger partial charge in [0.2, 0.25) is 0 Å². The number of nitrogens with zero attached hydrogens (tertiary/aromatic N) is 1. The third-order valence-corrected chi connectivity index (χ3v) is 3.73. The smallest absolute Gasteiger partial charge is 0.434 e. The van der Waals surface area contributed by atoms with Crippen LogP contribution in [0.1, 0.15) is 26.2 Å². The van der Waals surface area contributed by atoms with Crippen molar-refractivity contribution in [2.24, 2.45) is 0 Å². The lowest BCUT2D eigenvalue weighted by Crippen LogP contribution is -2.34. The Morgan fingerprint density at radius 3 is 2.74 bits per heavy atom. The predicted octanol–water partition coefficient (Wildman–Crippen LogP) is 0.238. The van der Waals surface area contributed by atoms with Gasteiger partial charge in [-0.15, -0.1) is 0 Å². The monoisotopic (exact) mass is 337 g/mol. The molecule has 134 valence electrons. The highest BCUT2D eigenvalue weighted by molar-refractivity contribution is 5.60. The van der Waals surface area contributed by atoms with Crippen molar-refractivity contribution in [1.29, 1.82) is 0 Å². The van der Waals surface area contributed by atoms with E-state index in [2.05, 4.69) is 4.84 Å². The Balaban J connectivity index is 1.54. The van der Waals surface area contributed by atoms with Crippen molar-refractivity contribution in [3.05, 3.63) is 0 Å². The Hall–Kier alpha value is -1.01. The van der Waals surface area contributed by atoms with Crippen LogP contribution >= 0.6 is 0 Å². The number of rotatable bonds is 8. The number of hydrogen-bond donors (Lipinski definition) is 3. The van der Waals surface area contributed by atoms with Gasteiger partial charge in [-0.3, -0.25) is 10.4 Å². The average Bonchev–Trinajstić information content (AvgIpc) is 3.02. The van der Waals surface area contributed by atoms with Crippen molar-refractivity contribution in [3.8, 4) is 0 Å². The van der Waals surface area contributed by atoms with Gasteiger partial charge in [0.15, 0.2) is 6.10 Å². The zero-order valence-electron chi connectivity index (χ0n) is 12.9. The number of ether oxygens (including phenoxy) is 4. The molecule has 0 aromatic heterocycles. The zero-order chi connectivity index (χ0) is 16.8.